The first-order valence-corrected chi connectivity index (χ1v) is 11.2. The minimum absolute atomic E-state index is 0.302. The summed E-state index contributed by atoms with van der Waals surface area (Å²) in [7, 11) is 1.88. The third-order valence-corrected chi connectivity index (χ3v) is 6.17. The van der Waals surface area contributed by atoms with Crippen LogP contribution in [0.25, 0.3) is 0 Å². The van der Waals surface area contributed by atoms with Gasteiger partial charge in [0.15, 0.2) is 5.96 Å². The molecule has 2 saturated heterocycles. The lowest BCUT2D eigenvalue weighted by atomic mass is 10.0. The molecule has 4 rings (SSSR count). The molecule has 1 aromatic heterocycles. The van der Waals surface area contributed by atoms with Crippen LogP contribution in [-0.2, 0) is 4.74 Å². The van der Waals surface area contributed by atoms with E-state index < -0.39 is 0 Å². The molecule has 2 aromatic rings. The van der Waals surface area contributed by atoms with E-state index in [9.17, 15) is 0 Å². The second-order valence-corrected chi connectivity index (χ2v) is 8.16. The van der Waals surface area contributed by atoms with Crippen molar-refractivity contribution in [2.24, 2.45) is 4.99 Å². The number of aryl methyl sites for hydroxylation is 1. The molecule has 2 aliphatic rings. The summed E-state index contributed by atoms with van der Waals surface area (Å²) < 4.78 is 5.59. The largest absolute Gasteiger partial charge is 0.379 e. The van der Waals surface area contributed by atoms with E-state index in [4.69, 9.17) is 4.74 Å². The minimum atomic E-state index is 0.302. The van der Waals surface area contributed by atoms with E-state index in [0.29, 0.717) is 6.04 Å². The van der Waals surface area contributed by atoms with Gasteiger partial charge in [-0.1, -0.05) is 35.9 Å². The summed E-state index contributed by atoms with van der Waals surface area (Å²) in [5.41, 5.74) is 2.63. The second-order valence-electron chi connectivity index (χ2n) is 8.16. The first kappa shape index (κ1) is 21.6. The Morgan fingerprint density at radius 1 is 1.03 bits per heavy atom. The highest BCUT2D eigenvalue weighted by molar-refractivity contribution is 5.80. The number of pyridine rings is 1. The van der Waals surface area contributed by atoms with Gasteiger partial charge in [0.2, 0.25) is 0 Å². The summed E-state index contributed by atoms with van der Waals surface area (Å²) in [6.07, 6.45) is 1.86. The topological polar surface area (TPSA) is 56.2 Å². The van der Waals surface area contributed by atoms with Gasteiger partial charge in [-0.25, -0.2) is 4.98 Å². The SMILES string of the molecule is CN=C(NCC(c1ccc(C)cc1)N1CCOCC1)N1CCN(c2ccccn2)CC1. The molecule has 2 aliphatic heterocycles. The van der Waals surface area contributed by atoms with E-state index in [2.05, 4.69) is 67.2 Å². The third kappa shape index (κ3) is 5.54. The number of piperazine rings is 1. The van der Waals surface area contributed by atoms with Crippen LogP contribution in [0.1, 0.15) is 17.2 Å². The number of anilines is 1. The number of hydrogen-bond acceptors (Lipinski definition) is 5. The Balaban J connectivity index is 1.38. The van der Waals surface area contributed by atoms with Crippen molar-refractivity contribution in [3.63, 3.8) is 0 Å². The van der Waals surface area contributed by atoms with Crippen molar-refractivity contribution in [3.05, 3.63) is 59.8 Å². The maximum atomic E-state index is 5.59. The first-order valence-electron chi connectivity index (χ1n) is 11.2. The average molecular weight is 423 g/mol. The molecule has 0 aliphatic carbocycles. The Labute approximate surface area is 185 Å². The number of guanidine groups is 1. The van der Waals surface area contributed by atoms with Crippen LogP contribution < -0.4 is 10.2 Å². The molecular formula is C24H34N6O. The Kier molecular flexibility index (Phi) is 7.38. The van der Waals surface area contributed by atoms with Crippen molar-refractivity contribution < 1.29 is 4.74 Å². The molecule has 0 amide bonds. The highest BCUT2D eigenvalue weighted by atomic mass is 16.5. The molecule has 7 nitrogen and oxygen atoms in total. The lowest BCUT2D eigenvalue weighted by Crippen LogP contribution is -2.54. The number of rotatable bonds is 5. The second kappa shape index (κ2) is 10.6. The number of benzene rings is 1. The lowest BCUT2D eigenvalue weighted by molar-refractivity contribution is 0.0169. The predicted molar refractivity (Wildman–Crippen MR) is 126 cm³/mol. The summed E-state index contributed by atoms with van der Waals surface area (Å²) >= 11 is 0. The van der Waals surface area contributed by atoms with Gasteiger partial charge >= 0.3 is 0 Å². The maximum Gasteiger partial charge on any atom is 0.193 e. The van der Waals surface area contributed by atoms with Gasteiger partial charge in [-0.2, -0.15) is 0 Å². The third-order valence-electron chi connectivity index (χ3n) is 6.17. The number of ether oxygens (including phenoxy) is 1. The fourth-order valence-corrected chi connectivity index (χ4v) is 4.34. The van der Waals surface area contributed by atoms with Crippen LogP contribution >= 0.6 is 0 Å². The number of hydrogen-bond donors (Lipinski definition) is 1. The standard InChI is InChI=1S/C24H34N6O/c1-20-6-8-21(9-7-20)22(28-15-17-31-18-16-28)19-27-24(25-2)30-13-11-29(12-14-30)23-5-3-4-10-26-23/h3-10,22H,11-19H2,1-2H3,(H,25,27). The van der Waals surface area contributed by atoms with Crippen molar-refractivity contribution in [1.29, 1.82) is 0 Å². The molecule has 1 unspecified atom stereocenters. The highest BCUT2D eigenvalue weighted by Gasteiger charge is 2.25. The fraction of sp³-hybridized carbons (Fsp3) is 0.500. The molecule has 2 fully saturated rings. The highest BCUT2D eigenvalue weighted by Crippen LogP contribution is 2.22. The number of aromatic nitrogens is 1. The molecule has 31 heavy (non-hydrogen) atoms. The summed E-state index contributed by atoms with van der Waals surface area (Å²) in [5, 5.41) is 3.66. The van der Waals surface area contributed by atoms with Crippen LogP contribution in [0.15, 0.2) is 53.7 Å². The van der Waals surface area contributed by atoms with Gasteiger partial charge in [-0.3, -0.25) is 9.89 Å². The van der Waals surface area contributed by atoms with Gasteiger partial charge in [0.05, 0.1) is 19.3 Å². The summed E-state index contributed by atoms with van der Waals surface area (Å²) in [6, 6.07) is 15.3. The molecule has 0 spiro atoms. The minimum Gasteiger partial charge on any atom is -0.379 e. The summed E-state index contributed by atoms with van der Waals surface area (Å²) in [6.45, 7) is 10.2. The van der Waals surface area contributed by atoms with E-state index in [0.717, 1.165) is 70.8 Å². The average Bonchev–Trinajstić information content (AvgIpc) is 2.84. The van der Waals surface area contributed by atoms with E-state index >= 15 is 0 Å². The molecule has 166 valence electrons. The Bertz CT molecular complexity index is 827. The van der Waals surface area contributed by atoms with Crippen LogP contribution in [0.2, 0.25) is 0 Å². The van der Waals surface area contributed by atoms with Gasteiger partial charge in [0.25, 0.3) is 0 Å². The van der Waals surface area contributed by atoms with Gasteiger partial charge in [-0.15, -0.1) is 0 Å². The van der Waals surface area contributed by atoms with Gasteiger partial charge in [-0.05, 0) is 24.6 Å². The Morgan fingerprint density at radius 2 is 1.77 bits per heavy atom. The number of nitrogens with one attached hydrogen (secondary N) is 1. The molecule has 1 atom stereocenters. The van der Waals surface area contributed by atoms with Gasteiger partial charge in [0, 0.05) is 59.1 Å². The molecule has 1 aromatic carbocycles. The monoisotopic (exact) mass is 422 g/mol. The number of morpholine rings is 1. The Hall–Kier alpha value is -2.64. The van der Waals surface area contributed by atoms with Crippen LogP contribution in [0.4, 0.5) is 5.82 Å². The van der Waals surface area contributed by atoms with E-state index in [-0.39, 0.29) is 0 Å². The Morgan fingerprint density at radius 3 is 2.42 bits per heavy atom. The predicted octanol–water partition coefficient (Wildman–Crippen LogP) is 2.16. The van der Waals surface area contributed by atoms with E-state index in [1.165, 1.54) is 11.1 Å². The van der Waals surface area contributed by atoms with Crippen LogP contribution in [0.3, 0.4) is 0 Å². The summed E-state index contributed by atoms with van der Waals surface area (Å²) in [4.78, 5) is 16.3. The molecule has 0 bridgehead atoms. The van der Waals surface area contributed by atoms with E-state index in [1.54, 1.807) is 0 Å². The number of aliphatic imine (C=N–C) groups is 1. The summed E-state index contributed by atoms with van der Waals surface area (Å²) in [5.74, 6) is 2.03. The van der Waals surface area contributed by atoms with Crippen molar-refractivity contribution in [2.75, 3.05) is 71.0 Å². The number of nitrogens with zero attached hydrogens (tertiary/aromatic N) is 5. The quantitative estimate of drug-likeness (QED) is 0.589. The molecule has 7 heteroatoms. The molecule has 3 heterocycles. The zero-order valence-electron chi connectivity index (χ0n) is 18.7. The molecular weight excluding hydrogens is 388 g/mol. The molecule has 0 radical (unpaired) electrons. The van der Waals surface area contributed by atoms with Crippen molar-refractivity contribution >= 4 is 11.8 Å². The maximum absolute atomic E-state index is 5.59. The smallest absolute Gasteiger partial charge is 0.193 e. The van der Waals surface area contributed by atoms with Crippen LogP contribution in [0, 0.1) is 6.92 Å². The van der Waals surface area contributed by atoms with Gasteiger partial charge in [0.1, 0.15) is 5.82 Å². The zero-order chi connectivity index (χ0) is 21.5. The van der Waals surface area contributed by atoms with Gasteiger partial charge < -0.3 is 19.9 Å². The first-order chi connectivity index (χ1) is 15.2. The zero-order valence-corrected chi connectivity index (χ0v) is 18.7. The van der Waals surface area contributed by atoms with Crippen molar-refractivity contribution in [1.82, 2.24) is 20.1 Å². The fourth-order valence-electron chi connectivity index (χ4n) is 4.34. The van der Waals surface area contributed by atoms with Crippen molar-refractivity contribution in [2.45, 2.75) is 13.0 Å². The molecule has 1 N–H and O–H groups in total. The normalized spacial score (nSPS) is 19.4. The molecule has 0 saturated carbocycles. The van der Waals surface area contributed by atoms with Crippen LogP contribution in [0.5, 0.6) is 0 Å². The van der Waals surface area contributed by atoms with Crippen molar-refractivity contribution in [3.8, 4) is 0 Å². The lowest BCUT2D eigenvalue weighted by Gasteiger charge is -2.39. The van der Waals surface area contributed by atoms with Crippen LogP contribution in [-0.4, -0.2) is 86.8 Å². The van der Waals surface area contributed by atoms with E-state index in [1.807, 2.05) is 25.4 Å².